The van der Waals surface area contributed by atoms with Crippen molar-refractivity contribution in [3.63, 3.8) is 0 Å². The number of hydrogen-bond acceptors (Lipinski definition) is 6. The number of imide groups is 1. The van der Waals surface area contributed by atoms with Crippen LogP contribution >= 0.6 is 0 Å². The van der Waals surface area contributed by atoms with Crippen LogP contribution in [0.15, 0.2) is 23.8 Å². The number of amides is 2. The summed E-state index contributed by atoms with van der Waals surface area (Å²) in [6.45, 7) is 1.88. The first kappa shape index (κ1) is 23.5. The van der Waals surface area contributed by atoms with Crippen molar-refractivity contribution in [3.8, 4) is 11.5 Å². The van der Waals surface area contributed by atoms with E-state index in [0.29, 0.717) is 36.5 Å². The molecule has 2 N–H and O–H groups in total. The number of allylic oxidation sites excluding steroid dienone is 1. The molecule has 2 saturated heterocycles. The van der Waals surface area contributed by atoms with Crippen LogP contribution in [-0.4, -0.2) is 68.7 Å². The van der Waals surface area contributed by atoms with E-state index in [1.807, 2.05) is 6.07 Å². The highest BCUT2D eigenvalue weighted by Crippen LogP contribution is 2.66. The van der Waals surface area contributed by atoms with Crippen LogP contribution in [0.2, 0.25) is 0 Å². The van der Waals surface area contributed by atoms with Gasteiger partial charge in [-0.15, -0.1) is 0 Å². The number of piperidine rings is 1. The maximum Gasteiger partial charge on any atom is 0.256 e. The quantitative estimate of drug-likeness (QED) is 0.468. The minimum absolute atomic E-state index is 0.0152. The Morgan fingerprint density at radius 2 is 1.87 bits per heavy atom. The summed E-state index contributed by atoms with van der Waals surface area (Å²) in [7, 11) is 0. The predicted octanol–water partition coefficient (Wildman–Crippen LogP) is 3.59. The Balaban J connectivity index is 1.19. The van der Waals surface area contributed by atoms with Crippen LogP contribution in [0.5, 0.6) is 11.5 Å². The van der Waals surface area contributed by atoms with Gasteiger partial charge in [0.25, 0.3) is 5.91 Å². The molecule has 0 aromatic heterocycles. The zero-order chi connectivity index (χ0) is 25.8. The molecule has 2 bridgehead atoms. The fourth-order valence-electron chi connectivity index (χ4n) is 9.36. The average molecular weight is 519 g/mol. The van der Waals surface area contributed by atoms with E-state index in [4.69, 9.17) is 4.74 Å². The van der Waals surface area contributed by atoms with Gasteiger partial charge in [-0.2, -0.15) is 0 Å². The summed E-state index contributed by atoms with van der Waals surface area (Å²) in [5, 5.41) is 23.5. The van der Waals surface area contributed by atoms with Crippen molar-refractivity contribution < 1.29 is 24.5 Å². The average Bonchev–Trinajstić information content (AvgIpc) is 3.59. The molecule has 5 fully saturated rings. The normalized spacial score (nSPS) is 39.6. The van der Waals surface area contributed by atoms with Crippen LogP contribution in [0, 0.1) is 11.8 Å². The molecule has 0 radical (unpaired) electrons. The molecule has 1 spiro atoms. The number of nitrogens with zero attached hydrogens (tertiary/aromatic N) is 2. The molecule has 7 heteroatoms. The third-order valence-electron chi connectivity index (χ3n) is 11.3. The van der Waals surface area contributed by atoms with E-state index in [1.54, 1.807) is 6.07 Å². The molecule has 202 valence electrons. The number of hydrogen-bond donors (Lipinski definition) is 2. The fourth-order valence-corrected chi connectivity index (χ4v) is 9.36. The summed E-state index contributed by atoms with van der Waals surface area (Å²) in [6.07, 6.45) is 12.5. The number of carbonyl (C=O) groups excluding carboxylic acids is 2. The fraction of sp³-hybridized carbons (Fsp3) is 0.677. The summed E-state index contributed by atoms with van der Waals surface area (Å²) in [5.41, 5.74) is 0.973. The minimum Gasteiger partial charge on any atom is -0.504 e. The molecule has 5 atom stereocenters. The summed E-state index contributed by atoms with van der Waals surface area (Å²) in [4.78, 5) is 31.2. The minimum atomic E-state index is -1.01. The topological polar surface area (TPSA) is 90.3 Å². The molecule has 7 aliphatic rings. The molecular weight excluding hydrogens is 480 g/mol. The van der Waals surface area contributed by atoms with E-state index < -0.39 is 23.2 Å². The van der Waals surface area contributed by atoms with Crippen molar-refractivity contribution in [3.05, 3.63) is 34.9 Å². The molecule has 3 heterocycles. The Kier molecular flexibility index (Phi) is 4.99. The van der Waals surface area contributed by atoms with Crippen LogP contribution in [0.1, 0.15) is 81.8 Å². The van der Waals surface area contributed by atoms with E-state index in [9.17, 15) is 19.8 Å². The first-order chi connectivity index (χ1) is 18.4. The smallest absolute Gasteiger partial charge is 0.256 e. The zero-order valence-electron chi connectivity index (χ0n) is 22.0. The lowest BCUT2D eigenvalue weighted by molar-refractivity contribution is -0.201. The van der Waals surface area contributed by atoms with Crippen molar-refractivity contribution in [2.24, 2.45) is 11.8 Å². The SMILES string of the molecule is O=C1CC(=CC2CCCCC2)C(=O)N1[C@@H]1CC[C@@]2(O)[C@H]3Cc4ccc(O)c5c4[C@@]2(CCN3CC2CC2)[C@H]1O5. The van der Waals surface area contributed by atoms with Crippen LogP contribution in [-0.2, 0) is 21.4 Å². The third-order valence-corrected chi connectivity index (χ3v) is 11.3. The Labute approximate surface area is 223 Å². The number of carbonyl (C=O) groups is 2. The molecule has 0 unspecified atom stereocenters. The van der Waals surface area contributed by atoms with Gasteiger partial charge >= 0.3 is 0 Å². The Morgan fingerprint density at radius 3 is 2.66 bits per heavy atom. The van der Waals surface area contributed by atoms with Gasteiger partial charge in [-0.05, 0) is 81.4 Å². The van der Waals surface area contributed by atoms with E-state index in [0.717, 1.165) is 49.4 Å². The molecule has 3 aliphatic heterocycles. The molecule has 1 aromatic carbocycles. The Hall–Kier alpha value is -2.38. The number of ether oxygens (including phenoxy) is 1. The van der Waals surface area contributed by atoms with Gasteiger partial charge in [0.1, 0.15) is 6.10 Å². The maximum atomic E-state index is 13.8. The number of aliphatic hydroxyl groups is 1. The zero-order valence-corrected chi connectivity index (χ0v) is 22.0. The van der Waals surface area contributed by atoms with Gasteiger partial charge in [-0.3, -0.25) is 19.4 Å². The van der Waals surface area contributed by atoms with E-state index in [-0.39, 0.29) is 30.0 Å². The Bertz CT molecular complexity index is 1250. The monoisotopic (exact) mass is 518 g/mol. The summed E-state index contributed by atoms with van der Waals surface area (Å²) >= 11 is 0. The lowest BCUT2D eigenvalue weighted by Gasteiger charge is -2.64. The van der Waals surface area contributed by atoms with Gasteiger partial charge in [-0.1, -0.05) is 31.4 Å². The first-order valence-electron chi connectivity index (χ1n) is 15.0. The Morgan fingerprint density at radius 1 is 1.05 bits per heavy atom. The second-order valence-electron chi connectivity index (χ2n) is 13.2. The molecule has 2 amide bonds. The number of likely N-dealkylation sites (tertiary alicyclic amines) is 2. The van der Waals surface area contributed by atoms with Gasteiger partial charge in [0, 0.05) is 23.7 Å². The van der Waals surface area contributed by atoms with Crippen LogP contribution < -0.4 is 4.74 Å². The van der Waals surface area contributed by atoms with Gasteiger partial charge in [0.2, 0.25) is 5.91 Å². The number of benzene rings is 1. The number of rotatable bonds is 4. The predicted molar refractivity (Wildman–Crippen MR) is 140 cm³/mol. The van der Waals surface area contributed by atoms with Crippen molar-refractivity contribution >= 4 is 11.8 Å². The molecule has 8 rings (SSSR count). The van der Waals surface area contributed by atoms with Crippen LogP contribution in [0.3, 0.4) is 0 Å². The maximum absolute atomic E-state index is 13.8. The highest BCUT2D eigenvalue weighted by atomic mass is 16.5. The molecule has 4 aliphatic carbocycles. The summed E-state index contributed by atoms with van der Waals surface area (Å²) in [6, 6.07) is 3.24. The number of aromatic hydroxyl groups is 1. The van der Waals surface area contributed by atoms with Crippen LogP contribution in [0.4, 0.5) is 0 Å². The van der Waals surface area contributed by atoms with E-state index in [1.165, 1.54) is 37.0 Å². The molecule has 38 heavy (non-hydrogen) atoms. The molecular formula is C31H38N2O5. The van der Waals surface area contributed by atoms with Crippen molar-refractivity contribution in [1.82, 2.24) is 9.80 Å². The van der Waals surface area contributed by atoms with Gasteiger partial charge in [0.15, 0.2) is 11.5 Å². The largest absolute Gasteiger partial charge is 0.504 e. The molecule has 7 nitrogen and oxygen atoms in total. The summed E-state index contributed by atoms with van der Waals surface area (Å²) < 4.78 is 6.62. The van der Waals surface area contributed by atoms with Crippen molar-refractivity contribution in [1.29, 1.82) is 0 Å². The second-order valence-corrected chi connectivity index (χ2v) is 13.2. The molecule has 3 saturated carbocycles. The van der Waals surface area contributed by atoms with Crippen molar-refractivity contribution in [2.75, 3.05) is 13.1 Å². The lowest BCUT2D eigenvalue weighted by Crippen LogP contribution is -2.78. The first-order valence-corrected chi connectivity index (χ1v) is 15.0. The van der Waals surface area contributed by atoms with Crippen molar-refractivity contribution in [2.45, 2.75) is 106 Å². The number of phenolic OH excluding ortho intramolecular Hbond substituents is 1. The molecule has 1 aromatic rings. The lowest BCUT2D eigenvalue weighted by atomic mass is 9.48. The van der Waals surface area contributed by atoms with E-state index in [2.05, 4.69) is 11.0 Å². The summed E-state index contributed by atoms with van der Waals surface area (Å²) in [5.74, 6) is 1.34. The van der Waals surface area contributed by atoms with Gasteiger partial charge in [0.05, 0.1) is 23.5 Å². The third kappa shape index (κ3) is 3.03. The number of phenols is 1. The van der Waals surface area contributed by atoms with Crippen LogP contribution in [0.25, 0.3) is 0 Å². The van der Waals surface area contributed by atoms with E-state index >= 15 is 0 Å². The van der Waals surface area contributed by atoms with Gasteiger partial charge < -0.3 is 14.9 Å². The highest BCUT2D eigenvalue weighted by Gasteiger charge is 2.74. The van der Waals surface area contributed by atoms with Gasteiger partial charge in [-0.25, -0.2) is 0 Å². The highest BCUT2D eigenvalue weighted by molar-refractivity contribution is 6.13. The second kappa shape index (κ2) is 8.07. The standard InChI is InChI=1S/C31H38N2O5/c34-23-9-8-20-15-24-31(37)11-10-22(33-25(35)16-21(29(33)36)14-18-4-2-1-3-5-18)28-30(31,26(20)27(23)38-28)12-13-32(24)17-19-6-7-19/h8-9,14,18-19,22,24,28,34,37H,1-7,10-13,15-17H2/t22-,24-,28+,30+,31-/m1/s1.